The Balaban J connectivity index is 1.38. The lowest BCUT2D eigenvalue weighted by Gasteiger charge is -2.13. The molecule has 1 heterocycles. The van der Waals surface area contributed by atoms with E-state index in [1.807, 2.05) is 42.7 Å². The first-order valence-corrected chi connectivity index (χ1v) is 7.99. The number of aryl methyl sites for hydroxylation is 1. The number of amides is 2. The monoisotopic (exact) mass is 314 g/mol. The van der Waals surface area contributed by atoms with Gasteiger partial charge in [-0.3, -0.25) is 0 Å². The summed E-state index contributed by atoms with van der Waals surface area (Å²) in [6.07, 6.45) is 7.34. The third-order valence-corrected chi connectivity index (χ3v) is 4.11. The summed E-state index contributed by atoms with van der Waals surface area (Å²) in [6, 6.07) is 7.88. The minimum Gasteiger partial charge on any atom is -0.396 e. The van der Waals surface area contributed by atoms with Crippen LogP contribution in [-0.2, 0) is 6.54 Å². The minimum atomic E-state index is -0.159. The molecule has 23 heavy (non-hydrogen) atoms. The van der Waals surface area contributed by atoms with E-state index < -0.39 is 0 Å². The van der Waals surface area contributed by atoms with Crippen LogP contribution in [-0.4, -0.2) is 39.9 Å². The number of imidazole rings is 1. The first-order chi connectivity index (χ1) is 11.3. The van der Waals surface area contributed by atoms with Crippen LogP contribution in [0.3, 0.4) is 0 Å². The van der Waals surface area contributed by atoms with Crippen molar-refractivity contribution in [3.05, 3.63) is 42.7 Å². The predicted octanol–water partition coefficient (Wildman–Crippen LogP) is 1.66. The van der Waals surface area contributed by atoms with Gasteiger partial charge in [-0.15, -0.1) is 0 Å². The molecule has 0 spiro atoms. The van der Waals surface area contributed by atoms with Gasteiger partial charge >= 0.3 is 6.03 Å². The number of para-hydroxylation sites is 2. The highest BCUT2D eigenvalue weighted by atomic mass is 16.3. The third kappa shape index (κ3) is 3.90. The highest BCUT2D eigenvalue weighted by molar-refractivity contribution is 5.75. The van der Waals surface area contributed by atoms with Crippen molar-refractivity contribution in [1.82, 2.24) is 20.2 Å². The molecule has 1 aromatic carbocycles. The van der Waals surface area contributed by atoms with Crippen molar-refractivity contribution in [2.75, 3.05) is 13.2 Å². The van der Waals surface area contributed by atoms with Crippen LogP contribution < -0.4 is 10.6 Å². The van der Waals surface area contributed by atoms with Crippen molar-refractivity contribution < 1.29 is 9.90 Å². The Bertz CT molecular complexity index is 695. The summed E-state index contributed by atoms with van der Waals surface area (Å²) in [5.74, 6) is 0.162. The highest BCUT2D eigenvalue weighted by Gasteiger charge is 2.19. The normalized spacial score (nSPS) is 20.0. The first-order valence-electron chi connectivity index (χ1n) is 7.99. The molecule has 2 aromatic rings. The quantitative estimate of drug-likeness (QED) is 0.560. The van der Waals surface area contributed by atoms with Crippen molar-refractivity contribution >= 4 is 17.1 Å². The fraction of sp³-hybridized carbons (Fsp3) is 0.412. The average molecular weight is 314 g/mol. The molecule has 2 atom stereocenters. The molecule has 1 aliphatic carbocycles. The fourth-order valence-corrected chi connectivity index (χ4v) is 2.88. The molecule has 0 unspecified atom stereocenters. The van der Waals surface area contributed by atoms with Crippen molar-refractivity contribution in [1.29, 1.82) is 0 Å². The van der Waals surface area contributed by atoms with Gasteiger partial charge in [0.15, 0.2) is 0 Å². The lowest BCUT2D eigenvalue weighted by atomic mass is 10.1. The van der Waals surface area contributed by atoms with E-state index in [9.17, 15) is 4.79 Å². The maximum Gasteiger partial charge on any atom is 0.315 e. The van der Waals surface area contributed by atoms with Crippen molar-refractivity contribution in [3.63, 3.8) is 0 Å². The highest BCUT2D eigenvalue weighted by Crippen LogP contribution is 2.16. The van der Waals surface area contributed by atoms with Crippen molar-refractivity contribution in [2.24, 2.45) is 5.92 Å². The van der Waals surface area contributed by atoms with Gasteiger partial charge in [-0.25, -0.2) is 9.78 Å². The summed E-state index contributed by atoms with van der Waals surface area (Å²) in [7, 11) is 0. The first kappa shape index (κ1) is 15.6. The van der Waals surface area contributed by atoms with E-state index in [0.29, 0.717) is 6.54 Å². The van der Waals surface area contributed by atoms with Crippen molar-refractivity contribution in [2.45, 2.75) is 25.4 Å². The number of aliphatic hydroxyl groups excluding tert-OH is 1. The topological polar surface area (TPSA) is 79.2 Å². The van der Waals surface area contributed by atoms with E-state index in [2.05, 4.69) is 20.2 Å². The number of rotatable bonds is 6. The molecule has 0 aliphatic heterocycles. The Hall–Kier alpha value is -2.34. The molecule has 0 fully saturated rings. The van der Waals surface area contributed by atoms with Gasteiger partial charge < -0.3 is 20.3 Å². The lowest BCUT2D eigenvalue weighted by Crippen LogP contribution is -2.41. The average Bonchev–Trinajstić information content (AvgIpc) is 3.18. The molecule has 0 saturated heterocycles. The number of aliphatic hydroxyl groups is 1. The number of fused-ring (bicyclic) bond motifs is 1. The number of nitrogens with zero attached hydrogens (tertiary/aromatic N) is 2. The van der Waals surface area contributed by atoms with Gasteiger partial charge in [0.1, 0.15) is 0 Å². The molecule has 1 aliphatic rings. The molecule has 3 rings (SSSR count). The molecule has 6 nitrogen and oxygen atoms in total. The van der Waals surface area contributed by atoms with Crippen LogP contribution >= 0.6 is 0 Å². The number of hydrogen-bond acceptors (Lipinski definition) is 3. The summed E-state index contributed by atoms with van der Waals surface area (Å²) in [5, 5.41) is 14.8. The standard InChI is InChI=1S/C17H22N4O2/c22-11-13-6-7-14(10-13)20-17(23)18-8-3-9-21-12-19-15-4-1-2-5-16(15)21/h1-2,4-7,12-14,22H,3,8-11H2,(H2,18,20,23)/t13-,14+/m0/s1. The zero-order valence-corrected chi connectivity index (χ0v) is 13.0. The molecule has 2 amide bonds. The van der Waals surface area contributed by atoms with E-state index in [1.165, 1.54) is 0 Å². The Labute approximate surface area is 135 Å². The number of nitrogens with one attached hydrogen (secondary N) is 2. The van der Waals surface area contributed by atoms with Crippen LogP contribution in [0.4, 0.5) is 4.79 Å². The zero-order chi connectivity index (χ0) is 16.1. The molecule has 0 saturated carbocycles. The number of urea groups is 1. The molecular weight excluding hydrogens is 292 g/mol. The summed E-state index contributed by atoms with van der Waals surface area (Å²) in [6.45, 7) is 1.56. The fourth-order valence-electron chi connectivity index (χ4n) is 2.88. The van der Waals surface area contributed by atoms with Gasteiger partial charge in [0.25, 0.3) is 0 Å². The summed E-state index contributed by atoms with van der Waals surface area (Å²) in [5.41, 5.74) is 2.10. The predicted molar refractivity (Wildman–Crippen MR) is 89.0 cm³/mol. The van der Waals surface area contributed by atoms with E-state index >= 15 is 0 Å². The molecule has 6 heteroatoms. The van der Waals surface area contributed by atoms with Crippen LogP contribution in [0.2, 0.25) is 0 Å². The molecule has 1 aromatic heterocycles. The number of carbonyl (C=O) groups excluding carboxylic acids is 1. The SMILES string of the molecule is O=C(NCCCn1cnc2ccccc21)N[C@@H]1C=C[C@H](CO)C1. The lowest BCUT2D eigenvalue weighted by molar-refractivity contribution is 0.231. The molecule has 3 N–H and O–H groups in total. The molecular formula is C17H22N4O2. The summed E-state index contributed by atoms with van der Waals surface area (Å²) in [4.78, 5) is 16.2. The maximum atomic E-state index is 11.8. The largest absolute Gasteiger partial charge is 0.396 e. The smallest absolute Gasteiger partial charge is 0.315 e. The Kier molecular flexibility index (Phi) is 4.92. The van der Waals surface area contributed by atoms with Gasteiger partial charge in [-0.1, -0.05) is 24.3 Å². The van der Waals surface area contributed by atoms with Gasteiger partial charge in [0.05, 0.1) is 17.4 Å². The Morgan fingerprint density at radius 3 is 3.04 bits per heavy atom. The van der Waals surface area contributed by atoms with Gasteiger partial charge in [-0.05, 0) is 25.0 Å². The van der Waals surface area contributed by atoms with Crippen LogP contribution in [0, 0.1) is 5.92 Å². The molecule has 122 valence electrons. The maximum absolute atomic E-state index is 11.8. The van der Waals surface area contributed by atoms with E-state index in [-0.39, 0.29) is 24.6 Å². The second-order valence-electron chi connectivity index (χ2n) is 5.85. The molecule has 0 radical (unpaired) electrons. The Morgan fingerprint density at radius 2 is 2.22 bits per heavy atom. The van der Waals surface area contributed by atoms with E-state index in [1.54, 1.807) is 0 Å². The number of carbonyl (C=O) groups is 1. The minimum absolute atomic E-state index is 0.0183. The number of hydrogen-bond donors (Lipinski definition) is 3. The van der Waals surface area contributed by atoms with Gasteiger partial charge in [-0.2, -0.15) is 0 Å². The van der Waals surface area contributed by atoms with E-state index in [4.69, 9.17) is 5.11 Å². The van der Waals surface area contributed by atoms with Crippen LogP contribution in [0.5, 0.6) is 0 Å². The second-order valence-corrected chi connectivity index (χ2v) is 5.85. The molecule has 0 bridgehead atoms. The Morgan fingerprint density at radius 1 is 1.35 bits per heavy atom. The van der Waals surface area contributed by atoms with Crippen LogP contribution in [0.25, 0.3) is 11.0 Å². The summed E-state index contributed by atoms with van der Waals surface area (Å²) >= 11 is 0. The number of aromatic nitrogens is 2. The van der Waals surface area contributed by atoms with Gasteiger partial charge in [0.2, 0.25) is 0 Å². The van der Waals surface area contributed by atoms with Gasteiger partial charge in [0, 0.05) is 31.7 Å². The zero-order valence-electron chi connectivity index (χ0n) is 13.0. The van der Waals surface area contributed by atoms with Crippen molar-refractivity contribution in [3.8, 4) is 0 Å². The summed E-state index contributed by atoms with van der Waals surface area (Å²) < 4.78 is 2.10. The van der Waals surface area contributed by atoms with Crippen LogP contribution in [0.1, 0.15) is 12.8 Å². The number of benzene rings is 1. The second kappa shape index (κ2) is 7.28. The van der Waals surface area contributed by atoms with E-state index in [0.717, 1.165) is 30.4 Å². The third-order valence-electron chi connectivity index (χ3n) is 4.11. The van der Waals surface area contributed by atoms with Crippen LogP contribution in [0.15, 0.2) is 42.7 Å².